The SMILES string of the molecule is COC(=O)C(COc1cccc(OC)c1)c1cccc(F)c1. The van der Waals surface area contributed by atoms with E-state index in [2.05, 4.69) is 0 Å². The van der Waals surface area contributed by atoms with Gasteiger partial charge in [0.05, 0.1) is 14.2 Å². The Labute approximate surface area is 128 Å². The van der Waals surface area contributed by atoms with Crippen molar-refractivity contribution in [2.24, 2.45) is 0 Å². The van der Waals surface area contributed by atoms with Gasteiger partial charge in [-0.05, 0) is 29.8 Å². The molecule has 2 aromatic rings. The molecule has 0 heterocycles. The van der Waals surface area contributed by atoms with E-state index in [1.807, 2.05) is 0 Å². The molecule has 0 spiro atoms. The zero-order chi connectivity index (χ0) is 15.9. The van der Waals surface area contributed by atoms with Crippen LogP contribution in [0.4, 0.5) is 4.39 Å². The smallest absolute Gasteiger partial charge is 0.316 e. The molecular formula is C17H17FO4. The lowest BCUT2D eigenvalue weighted by molar-refractivity contribution is -0.143. The molecule has 0 N–H and O–H groups in total. The summed E-state index contributed by atoms with van der Waals surface area (Å²) in [5, 5.41) is 0. The Balaban J connectivity index is 2.15. The number of ether oxygens (including phenoxy) is 3. The highest BCUT2D eigenvalue weighted by Gasteiger charge is 2.23. The van der Waals surface area contributed by atoms with Gasteiger partial charge in [0.25, 0.3) is 0 Å². The summed E-state index contributed by atoms with van der Waals surface area (Å²) in [6, 6.07) is 12.9. The molecule has 0 fully saturated rings. The molecule has 0 aliphatic carbocycles. The topological polar surface area (TPSA) is 44.8 Å². The summed E-state index contributed by atoms with van der Waals surface area (Å²) in [5.74, 6) is -0.379. The number of halogens is 1. The Bertz CT molecular complexity index is 642. The maximum Gasteiger partial charge on any atom is 0.316 e. The van der Waals surface area contributed by atoms with Crippen LogP contribution in [0.5, 0.6) is 11.5 Å². The molecule has 0 bridgehead atoms. The van der Waals surface area contributed by atoms with E-state index in [0.717, 1.165) is 0 Å². The zero-order valence-corrected chi connectivity index (χ0v) is 12.4. The van der Waals surface area contributed by atoms with E-state index in [0.29, 0.717) is 17.1 Å². The molecule has 1 unspecified atom stereocenters. The Morgan fingerprint density at radius 3 is 2.50 bits per heavy atom. The summed E-state index contributed by atoms with van der Waals surface area (Å²) in [5.41, 5.74) is 0.509. The molecule has 4 nitrogen and oxygen atoms in total. The Hall–Kier alpha value is -2.56. The van der Waals surface area contributed by atoms with Crippen LogP contribution in [0.2, 0.25) is 0 Å². The summed E-state index contributed by atoms with van der Waals surface area (Å²) in [6.45, 7) is 0.0449. The summed E-state index contributed by atoms with van der Waals surface area (Å²) < 4.78 is 28.9. The van der Waals surface area contributed by atoms with Crippen LogP contribution in [-0.4, -0.2) is 26.8 Å². The van der Waals surface area contributed by atoms with Gasteiger partial charge in [0.2, 0.25) is 0 Å². The van der Waals surface area contributed by atoms with Crippen LogP contribution in [0.15, 0.2) is 48.5 Å². The van der Waals surface area contributed by atoms with Crippen molar-refractivity contribution in [1.82, 2.24) is 0 Å². The standard InChI is InChI=1S/C17H17FO4/c1-20-14-7-4-8-15(10-14)22-11-16(17(19)21-2)12-5-3-6-13(18)9-12/h3-10,16H,11H2,1-2H3. The van der Waals surface area contributed by atoms with Gasteiger partial charge in [0.1, 0.15) is 29.8 Å². The van der Waals surface area contributed by atoms with E-state index in [-0.39, 0.29) is 6.61 Å². The third-order valence-corrected chi connectivity index (χ3v) is 3.19. The molecule has 1 atom stereocenters. The van der Waals surface area contributed by atoms with Crippen molar-refractivity contribution in [3.8, 4) is 11.5 Å². The normalized spacial score (nSPS) is 11.6. The van der Waals surface area contributed by atoms with Crippen LogP contribution in [0, 0.1) is 5.82 Å². The van der Waals surface area contributed by atoms with E-state index >= 15 is 0 Å². The number of rotatable bonds is 6. The molecule has 0 aromatic heterocycles. The number of methoxy groups -OCH3 is 2. The van der Waals surface area contributed by atoms with E-state index in [1.54, 1.807) is 43.5 Å². The first-order valence-electron chi connectivity index (χ1n) is 6.74. The molecule has 0 amide bonds. The first kappa shape index (κ1) is 15.8. The van der Waals surface area contributed by atoms with Gasteiger partial charge in [-0.3, -0.25) is 4.79 Å². The van der Waals surface area contributed by atoms with E-state index < -0.39 is 17.7 Å². The summed E-state index contributed by atoms with van der Waals surface area (Å²) in [7, 11) is 2.85. The highest BCUT2D eigenvalue weighted by molar-refractivity contribution is 5.78. The van der Waals surface area contributed by atoms with Gasteiger partial charge in [0.15, 0.2) is 0 Å². The third-order valence-electron chi connectivity index (χ3n) is 3.19. The average Bonchev–Trinajstić information content (AvgIpc) is 2.55. The molecule has 0 aliphatic rings. The van der Waals surface area contributed by atoms with Crippen molar-refractivity contribution >= 4 is 5.97 Å². The van der Waals surface area contributed by atoms with E-state index in [1.165, 1.54) is 19.2 Å². The second-order valence-electron chi connectivity index (χ2n) is 4.62. The quantitative estimate of drug-likeness (QED) is 0.769. The first-order chi connectivity index (χ1) is 10.6. The maximum atomic E-state index is 13.3. The van der Waals surface area contributed by atoms with Crippen LogP contribution in [0.25, 0.3) is 0 Å². The maximum absolute atomic E-state index is 13.3. The molecular weight excluding hydrogens is 287 g/mol. The first-order valence-corrected chi connectivity index (χ1v) is 6.74. The summed E-state index contributed by atoms with van der Waals surface area (Å²) in [6.07, 6.45) is 0. The van der Waals surface area contributed by atoms with Crippen LogP contribution >= 0.6 is 0 Å². The molecule has 2 aromatic carbocycles. The van der Waals surface area contributed by atoms with Gasteiger partial charge in [-0.25, -0.2) is 4.39 Å². The highest BCUT2D eigenvalue weighted by atomic mass is 19.1. The van der Waals surface area contributed by atoms with Gasteiger partial charge in [-0.15, -0.1) is 0 Å². The molecule has 5 heteroatoms. The Morgan fingerprint density at radius 1 is 1.09 bits per heavy atom. The minimum absolute atomic E-state index is 0.0449. The molecule has 0 saturated carbocycles. The number of hydrogen-bond donors (Lipinski definition) is 0. The van der Waals surface area contributed by atoms with Crippen LogP contribution in [-0.2, 0) is 9.53 Å². The molecule has 22 heavy (non-hydrogen) atoms. The predicted octanol–water partition coefficient (Wildman–Crippen LogP) is 3.17. The number of benzene rings is 2. The van der Waals surface area contributed by atoms with Crippen molar-refractivity contribution < 1.29 is 23.4 Å². The van der Waals surface area contributed by atoms with Gasteiger partial charge in [-0.2, -0.15) is 0 Å². The second-order valence-corrected chi connectivity index (χ2v) is 4.62. The minimum Gasteiger partial charge on any atom is -0.497 e. The van der Waals surface area contributed by atoms with Gasteiger partial charge < -0.3 is 14.2 Å². The number of esters is 1. The largest absolute Gasteiger partial charge is 0.497 e. The van der Waals surface area contributed by atoms with Crippen molar-refractivity contribution in [3.63, 3.8) is 0 Å². The van der Waals surface area contributed by atoms with Gasteiger partial charge >= 0.3 is 5.97 Å². The molecule has 0 radical (unpaired) electrons. The number of hydrogen-bond acceptors (Lipinski definition) is 4. The fourth-order valence-electron chi connectivity index (χ4n) is 2.04. The molecule has 0 aliphatic heterocycles. The van der Waals surface area contributed by atoms with E-state index in [4.69, 9.17) is 14.2 Å². The third kappa shape index (κ3) is 3.97. The average molecular weight is 304 g/mol. The van der Waals surface area contributed by atoms with Crippen molar-refractivity contribution in [2.45, 2.75) is 5.92 Å². The van der Waals surface area contributed by atoms with Crippen LogP contribution < -0.4 is 9.47 Å². The van der Waals surface area contributed by atoms with Crippen molar-refractivity contribution in [3.05, 3.63) is 59.9 Å². The lowest BCUT2D eigenvalue weighted by atomic mass is 10.00. The highest BCUT2D eigenvalue weighted by Crippen LogP contribution is 2.23. The molecule has 0 saturated heterocycles. The lowest BCUT2D eigenvalue weighted by Crippen LogP contribution is -2.21. The fourth-order valence-corrected chi connectivity index (χ4v) is 2.04. The number of carbonyl (C=O) groups excluding carboxylic acids is 1. The fraction of sp³-hybridized carbons (Fsp3) is 0.235. The Kier molecular flexibility index (Phi) is 5.36. The van der Waals surface area contributed by atoms with E-state index in [9.17, 15) is 9.18 Å². The summed E-state index contributed by atoms with van der Waals surface area (Å²) in [4.78, 5) is 11.9. The van der Waals surface area contributed by atoms with Gasteiger partial charge in [0, 0.05) is 6.07 Å². The number of carbonyl (C=O) groups is 1. The molecule has 116 valence electrons. The molecule has 2 rings (SSSR count). The minimum atomic E-state index is -0.702. The lowest BCUT2D eigenvalue weighted by Gasteiger charge is -2.16. The monoisotopic (exact) mass is 304 g/mol. The van der Waals surface area contributed by atoms with Gasteiger partial charge in [-0.1, -0.05) is 18.2 Å². The second kappa shape index (κ2) is 7.45. The predicted molar refractivity (Wildman–Crippen MR) is 79.6 cm³/mol. The summed E-state index contributed by atoms with van der Waals surface area (Å²) >= 11 is 0. The van der Waals surface area contributed by atoms with Crippen molar-refractivity contribution in [2.75, 3.05) is 20.8 Å². The Morgan fingerprint density at radius 2 is 1.82 bits per heavy atom. The zero-order valence-electron chi connectivity index (χ0n) is 12.4. The van der Waals surface area contributed by atoms with Crippen molar-refractivity contribution in [1.29, 1.82) is 0 Å². The van der Waals surface area contributed by atoms with Crippen LogP contribution in [0.3, 0.4) is 0 Å². The van der Waals surface area contributed by atoms with Crippen LogP contribution in [0.1, 0.15) is 11.5 Å².